The largest absolute Gasteiger partial charge is 0.545 e. The summed E-state index contributed by atoms with van der Waals surface area (Å²) in [5, 5.41) is 19.4. The van der Waals surface area contributed by atoms with Crippen molar-refractivity contribution in [1.29, 1.82) is 0 Å². The highest BCUT2D eigenvalue weighted by Crippen LogP contribution is 2.14. The molecule has 0 atom stereocenters. The zero-order chi connectivity index (χ0) is 22.7. The van der Waals surface area contributed by atoms with Crippen LogP contribution in [0.2, 0.25) is 0 Å². The maximum atomic E-state index is 9.76. The Morgan fingerprint density at radius 2 is 1.00 bits per heavy atom. The molecule has 0 N–H and O–H groups in total. The summed E-state index contributed by atoms with van der Waals surface area (Å²) in [5.41, 5.74) is 2.32. The molecule has 0 aliphatic carbocycles. The molecule has 0 saturated heterocycles. The number of benzene rings is 2. The topological polar surface area (TPSA) is 80.3 Å². The van der Waals surface area contributed by atoms with E-state index in [1.54, 1.807) is 0 Å². The lowest BCUT2D eigenvalue weighted by atomic mass is 10.3. The average Bonchev–Trinajstić information content (AvgIpc) is 2.62. The van der Waals surface area contributed by atoms with Crippen molar-refractivity contribution in [3.8, 4) is 0 Å². The predicted molar refractivity (Wildman–Crippen MR) is 116 cm³/mol. The molecule has 158 valence electrons. The van der Waals surface area contributed by atoms with E-state index < -0.39 is 11.9 Å². The zero-order valence-electron chi connectivity index (χ0n) is 18.4. The first kappa shape index (κ1) is 26.0. The molecule has 0 radical (unpaired) electrons. The minimum atomic E-state index is -1.53. The number of rotatable bonds is 4. The molecule has 6 heteroatoms. The Labute approximate surface area is 174 Å². The predicted octanol–water partition coefficient (Wildman–Crippen LogP) is 1.20. The Kier molecular flexibility index (Phi) is 10.6. The summed E-state index contributed by atoms with van der Waals surface area (Å²) in [4.78, 5) is 19.4. The van der Waals surface area contributed by atoms with Crippen molar-refractivity contribution in [3.05, 3.63) is 72.3 Å². The number of aliphatic carboxylic acids is 2. The van der Waals surface area contributed by atoms with Crippen LogP contribution in [0.15, 0.2) is 72.3 Å². The number of carbonyl (C=O) groups is 2. The fourth-order valence-electron chi connectivity index (χ4n) is 1.99. The van der Waals surface area contributed by atoms with Gasteiger partial charge in [0.05, 0.1) is 54.2 Å². The molecule has 6 nitrogen and oxygen atoms in total. The van der Waals surface area contributed by atoms with Crippen molar-refractivity contribution in [2.45, 2.75) is 6.92 Å². The van der Waals surface area contributed by atoms with Crippen LogP contribution in [0.4, 0.5) is 11.4 Å². The SMILES string of the molecule is C/C(=C/C(=O)[O-])C(=O)[O-].C[N+](C)(C)c1ccccc1.C[N+](C)(C)c1ccccc1. The third kappa shape index (κ3) is 12.2. The molecule has 2 rings (SSSR count). The molecule has 0 heterocycles. The first-order valence-electron chi connectivity index (χ1n) is 9.10. The lowest BCUT2D eigenvalue weighted by Crippen LogP contribution is -2.34. The van der Waals surface area contributed by atoms with Gasteiger partial charge in [0.1, 0.15) is 11.4 Å². The number of hydrogen-bond acceptors (Lipinski definition) is 4. The van der Waals surface area contributed by atoms with E-state index in [2.05, 4.69) is 90.8 Å². The summed E-state index contributed by atoms with van der Waals surface area (Å²) in [6, 6.07) is 20.9. The van der Waals surface area contributed by atoms with Crippen LogP contribution < -0.4 is 19.2 Å². The van der Waals surface area contributed by atoms with Crippen LogP contribution in [-0.2, 0) is 9.59 Å². The minimum absolute atomic E-state index is 0.352. The van der Waals surface area contributed by atoms with Crippen LogP contribution in [-0.4, -0.2) is 54.2 Å². The van der Waals surface area contributed by atoms with Crippen LogP contribution in [0.1, 0.15) is 6.92 Å². The van der Waals surface area contributed by atoms with Gasteiger partial charge in [-0.1, -0.05) is 36.4 Å². The van der Waals surface area contributed by atoms with E-state index in [1.165, 1.54) is 11.4 Å². The molecule has 0 unspecified atom stereocenters. The van der Waals surface area contributed by atoms with Gasteiger partial charge in [-0.2, -0.15) is 0 Å². The molecule has 0 saturated carbocycles. The zero-order valence-corrected chi connectivity index (χ0v) is 18.4. The standard InChI is InChI=1S/2C9H14N.C5H6O4/c2*1-10(2,3)9-7-5-4-6-8-9;1-3(5(8)9)2-4(6)7/h2*4-8H,1-3H3;2H,1H3,(H,6,7)(H,8,9)/q2*+1;/p-2/b;;3-2-. The first-order valence-corrected chi connectivity index (χ1v) is 9.10. The third-order valence-corrected chi connectivity index (χ3v) is 3.72. The number of nitrogens with zero attached hydrogens (tertiary/aromatic N) is 2. The fraction of sp³-hybridized carbons (Fsp3) is 0.304. The second-order valence-corrected chi connectivity index (χ2v) is 8.13. The van der Waals surface area contributed by atoms with Gasteiger partial charge in [-0.05, 0) is 42.8 Å². The van der Waals surface area contributed by atoms with E-state index in [0.717, 1.165) is 15.9 Å². The lowest BCUT2D eigenvalue weighted by Gasteiger charge is -2.22. The Hall–Kier alpha value is -2.96. The molecule has 0 amide bonds. The Morgan fingerprint density at radius 3 is 1.14 bits per heavy atom. The number of carbonyl (C=O) groups excluding carboxylic acids is 2. The van der Waals surface area contributed by atoms with Gasteiger partial charge >= 0.3 is 0 Å². The van der Waals surface area contributed by atoms with Gasteiger partial charge in [0, 0.05) is 0 Å². The van der Waals surface area contributed by atoms with Crippen LogP contribution in [0.25, 0.3) is 0 Å². The van der Waals surface area contributed by atoms with Crippen LogP contribution >= 0.6 is 0 Å². The van der Waals surface area contributed by atoms with Gasteiger partial charge in [-0.3, -0.25) is 8.97 Å². The van der Waals surface area contributed by atoms with Crippen LogP contribution in [0, 0.1) is 0 Å². The van der Waals surface area contributed by atoms with Crippen molar-refractivity contribution in [2.24, 2.45) is 0 Å². The molecule has 2 aromatic carbocycles. The van der Waals surface area contributed by atoms with E-state index in [4.69, 9.17) is 0 Å². The highest BCUT2D eigenvalue weighted by Gasteiger charge is 2.09. The van der Waals surface area contributed by atoms with Crippen molar-refractivity contribution < 1.29 is 19.8 Å². The number of quaternary nitrogens is 2. The molecule has 0 fully saturated rings. The van der Waals surface area contributed by atoms with E-state index in [0.29, 0.717) is 6.08 Å². The summed E-state index contributed by atoms with van der Waals surface area (Å²) in [7, 11) is 13.0. The first-order chi connectivity index (χ1) is 13.2. The molecule has 0 bridgehead atoms. The Bertz CT molecular complexity index is 738. The van der Waals surface area contributed by atoms with E-state index in [9.17, 15) is 19.8 Å². The monoisotopic (exact) mass is 400 g/mol. The summed E-state index contributed by atoms with van der Waals surface area (Å²) in [6.07, 6.45) is 0.468. The number of carboxylic acids is 2. The molecular weight excluding hydrogens is 368 g/mol. The molecular formula is C23H32N2O4. The van der Waals surface area contributed by atoms with Crippen molar-refractivity contribution in [3.63, 3.8) is 0 Å². The maximum Gasteiger partial charge on any atom is 0.132 e. The molecule has 0 spiro atoms. The van der Waals surface area contributed by atoms with E-state index in [1.807, 2.05) is 12.1 Å². The van der Waals surface area contributed by atoms with E-state index >= 15 is 0 Å². The van der Waals surface area contributed by atoms with Crippen LogP contribution in [0.5, 0.6) is 0 Å². The van der Waals surface area contributed by atoms with Gasteiger partial charge in [0.15, 0.2) is 0 Å². The molecule has 0 aliphatic rings. The highest BCUT2D eigenvalue weighted by atomic mass is 16.4. The molecule has 0 aliphatic heterocycles. The minimum Gasteiger partial charge on any atom is -0.545 e. The van der Waals surface area contributed by atoms with Crippen LogP contribution in [0.3, 0.4) is 0 Å². The van der Waals surface area contributed by atoms with Gasteiger partial charge in [0.2, 0.25) is 0 Å². The summed E-state index contributed by atoms with van der Waals surface area (Å²) in [5.74, 6) is -3.03. The van der Waals surface area contributed by atoms with Gasteiger partial charge in [-0.25, -0.2) is 0 Å². The van der Waals surface area contributed by atoms with E-state index in [-0.39, 0.29) is 5.57 Å². The number of carboxylic acid groups (broad SMARTS) is 2. The fourth-order valence-corrected chi connectivity index (χ4v) is 1.99. The second kappa shape index (κ2) is 11.8. The van der Waals surface area contributed by atoms with Gasteiger partial charge in [-0.15, -0.1) is 0 Å². The number of hydrogen-bond donors (Lipinski definition) is 0. The molecule has 29 heavy (non-hydrogen) atoms. The summed E-state index contributed by atoms with van der Waals surface area (Å²) in [6.45, 7) is 1.12. The van der Waals surface area contributed by atoms with Crippen molar-refractivity contribution in [2.75, 3.05) is 42.3 Å². The van der Waals surface area contributed by atoms with Gasteiger partial charge < -0.3 is 19.8 Å². The Balaban J connectivity index is 0.000000407. The van der Waals surface area contributed by atoms with Crippen molar-refractivity contribution in [1.82, 2.24) is 8.97 Å². The lowest BCUT2D eigenvalue weighted by molar-refractivity contribution is -0.302. The van der Waals surface area contributed by atoms with Gasteiger partial charge in [0.25, 0.3) is 0 Å². The smallest absolute Gasteiger partial charge is 0.132 e. The highest BCUT2D eigenvalue weighted by molar-refractivity contribution is 5.92. The molecule has 2 aromatic rings. The summed E-state index contributed by atoms with van der Waals surface area (Å²) >= 11 is 0. The average molecular weight is 401 g/mol. The third-order valence-electron chi connectivity index (χ3n) is 3.72. The maximum absolute atomic E-state index is 9.76. The number of para-hydroxylation sites is 2. The Morgan fingerprint density at radius 1 is 0.690 bits per heavy atom. The molecule has 0 aromatic heterocycles. The second-order valence-electron chi connectivity index (χ2n) is 8.13. The summed E-state index contributed by atoms with van der Waals surface area (Å²) < 4.78 is 1.78. The quantitative estimate of drug-likeness (QED) is 0.571. The normalized spacial score (nSPS) is 11.3. The van der Waals surface area contributed by atoms with Crippen molar-refractivity contribution >= 4 is 23.3 Å².